The summed E-state index contributed by atoms with van der Waals surface area (Å²) >= 11 is 0. The summed E-state index contributed by atoms with van der Waals surface area (Å²) in [7, 11) is 0. The van der Waals surface area contributed by atoms with Crippen molar-refractivity contribution in [1.29, 1.82) is 0 Å². The van der Waals surface area contributed by atoms with Crippen molar-refractivity contribution < 1.29 is 66.7 Å². The van der Waals surface area contributed by atoms with Crippen molar-refractivity contribution in [3.63, 3.8) is 0 Å². The minimum atomic E-state index is -1.44. The third kappa shape index (κ3) is 10.7. The van der Waals surface area contributed by atoms with E-state index in [2.05, 4.69) is 0 Å². The molecule has 1 rings (SSSR count). The molecule has 14 heteroatoms. The van der Waals surface area contributed by atoms with Crippen LogP contribution in [0, 0.1) is 5.92 Å². The number of hydrogen-bond acceptors (Lipinski definition) is 14. The maximum absolute atomic E-state index is 12.2. The molecule has 0 radical (unpaired) electrons. The van der Waals surface area contributed by atoms with Gasteiger partial charge in [-0.25, -0.2) is 0 Å². The van der Waals surface area contributed by atoms with E-state index in [0.717, 1.165) is 27.7 Å². The van der Waals surface area contributed by atoms with Crippen LogP contribution < -0.4 is 0 Å². The minimum absolute atomic E-state index is 0.0370. The molecule has 0 saturated carbocycles. The summed E-state index contributed by atoms with van der Waals surface area (Å²) in [6.45, 7) is 6.93. The van der Waals surface area contributed by atoms with E-state index in [1.165, 1.54) is 0 Å². The molecule has 0 amide bonds. The standard InChI is InChI=1S/C23H34O14/c1-7-30-21(28)16(22(29)31-8-2)9-10-32-23-20(36-15(6)27)19(35-14(5)26)18(34-13(4)25)17(37-23)11-33-12(3)24/h16-20,23H,7-11H2,1-6H3/t17-,18-,19+,20-,23?/m1/s1. The van der Waals surface area contributed by atoms with Crippen LogP contribution in [0.4, 0.5) is 0 Å². The van der Waals surface area contributed by atoms with Gasteiger partial charge in [-0.05, 0) is 20.3 Å². The fourth-order valence-electron chi connectivity index (χ4n) is 3.44. The van der Waals surface area contributed by atoms with Crippen LogP contribution in [0.5, 0.6) is 0 Å². The lowest BCUT2D eigenvalue weighted by Crippen LogP contribution is -2.63. The summed E-state index contributed by atoms with van der Waals surface area (Å²) in [6, 6.07) is 0. The summed E-state index contributed by atoms with van der Waals surface area (Å²) in [6.07, 6.45) is -6.99. The van der Waals surface area contributed by atoms with Crippen LogP contribution in [0.3, 0.4) is 0 Å². The lowest BCUT2D eigenvalue weighted by Gasteiger charge is -2.44. The molecule has 0 bridgehead atoms. The highest BCUT2D eigenvalue weighted by Gasteiger charge is 2.52. The molecule has 5 atom stereocenters. The maximum atomic E-state index is 12.2. The first kappa shape index (κ1) is 31.8. The molecule has 0 spiro atoms. The van der Waals surface area contributed by atoms with Gasteiger partial charge in [0.25, 0.3) is 0 Å². The molecule has 1 aliphatic rings. The van der Waals surface area contributed by atoms with Crippen molar-refractivity contribution in [2.24, 2.45) is 5.92 Å². The minimum Gasteiger partial charge on any atom is -0.465 e. The van der Waals surface area contributed by atoms with Gasteiger partial charge >= 0.3 is 35.8 Å². The SMILES string of the molecule is CCOC(=O)C(CCOC1O[C@H](COC(C)=O)[C@@H](OC(C)=O)[C@H](OC(C)=O)[C@H]1OC(C)=O)C(=O)OCC. The zero-order valence-corrected chi connectivity index (χ0v) is 21.7. The Morgan fingerprint density at radius 1 is 0.676 bits per heavy atom. The number of carbonyl (C=O) groups excluding carboxylic acids is 6. The maximum Gasteiger partial charge on any atom is 0.320 e. The highest BCUT2D eigenvalue weighted by Crippen LogP contribution is 2.30. The fourth-order valence-corrected chi connectivity index (χ4v) is 3.44. The van der Waals surface area contributed by atoms with Crippen LogP contribution in [-0.2, 0) is 66.7 Å². The predicted molar refractivity (Wildman–Crippen MR) is 119 cm³/mol. The zero-order chi connectivity index (χ0) is 28.1. The van der Waals surface area contributed by atoms with E-state index in [1.54, 1.807) is 13.8 Å². The van der Waals surface area contributed by atoms with Gasteiger partial charge in [0.15, 0.2) is 30.5 Å². The molecular weight excluding hydrogens is 500 g/mol. The van der Waals surface area contributed by atoms with Crippen LogP contribution in [0.15, 0.2) is 0 Å². The lowest BCUT2D eigenvalue weighted by atomic mass is 9.98. The van der Waals surface area contributed by atoms with E-state index in [0.29, 0.717) is 0 Å². The van der Waals surface area contributed by atoms with E-state index in [9.17, 15) is 28.8 Å². The Hall–Kier alpha value is -3.26. The number of hydrogen-bond donors (Lipinski definition) is 0. The Kier molecular flexibility index (Phi) is 13.5. The summed E-state index contributed by atoms with van der Waals surface area (Å²) in [5, 5.41) is 0. The second-order valence-corrected chi connectivity index (χ2v) is 7.78. The van der Waals surface area contributed by atoms with Crippen molar-refractivity contribution >= 4 is 35.8 Å². The highest BCUT2D eigenvalue weighted by molar-refractivity contribution is 5.94. The molecule has 0 aromatic carbocycles. The highest BCUT2D eigenvalue weighted by atomic mass is 16.7. The molecule has 210 valence electrons. The average Bonchev–Trinajstić information content (AvgIpc) is 2.78. The van der Waals surface area contributed by atoms with Gasteiger partial charge in [-0.1, -0.05) is 0 Å². The molecule has 1 fully saturated rings. The predicted octanol–water partition coefficient (Wildman–Crippen LogP) is 0.219. The van der Waals surface area contributed by atoms with E-state index in [4.69, 9.17) is 37.9 Å². The molecule has 0 aromatic heterocycles. The summed E-state index contributed by atoms with van der Waals surface area (Å²) in [4.78, 5) is 71.3. The largest absolute Gasteiger partial charge is 0.465 e. The third-order valence-electron chi connectivity index (χ3n) is 4.78. The summed E-state index contributed by atoms with van der Waals surface area (Å²) in [5.74, 6) is -5.96. The fraction of sp³-hybridized carbons (Fsp3) is 0.739. The molecule has 37 heavy (non-hydrogen) atoms. The van der Waals surface area contributed by atoms with Crippen LogP contribution >= 0.6 is 0 Å². The molecule has 1 unspecified atom stereocenters. The van der Waals surface area contributed by atoms with Gasteiger partial charge in [-0.3, -0.25) is 28.8 Å². The lowest BCUT2D eigenvalue weighted by molar-refractivity contribution is -0.308. The first-order valence-corrected chi connectivity index (χ1v) is 11.7. The normalized spacial score (nSPS) is 22.9. The quantitative estimate of drug-likeness (QED) is 0.178. The molecular formula is C23H34O14. The van der Waals surface area contributed by atoms with Crippen LogP contribution in [0.1, 0.15) is 48.0 Å². The van der Waals surface area contributed by atoms with Crippen molar-refractivity contribution in [3.05, 3.63) is 0 Å². The van der Waals surface area contributed by atoms with Gasteiger partial charge in [0.05, 0.1) is 19.8 Å². The molecule has 1 aliphatic heterocycles. The second-order valence-electron chi connectivity index (χ2n) is 7.78. The molecule has 0 N–H and O–H groups in total. The van der Waals surface area contributed by atoms with Crippen molar-refractivity contribution in [2.45, 2.75) is 78.7 Å². The first-order chi connectivity index (χ1) is 17.4. The molecule has 1 heterocycles. The van der Waals surface area contributed by atoms with Crippen molar-refractivity contribution in [2.75, 3.05) is 26.4 Å². The topological polar surface area (TPSA) is 176 Å². The van der Waals surface area contributed by atoms with Gasteiger partial charge in [-0.15, -0.1) is 0 Å². The van der Waals surface area contributed by atoms with E-state index >= 15 is 0 Å². The van der Waals surface area contributed by atoms with Crippen molar-refractivity contribution in [1.82, 2.24) is 0 Å². The Morgan fingerprint density at radius 3 is 1.62 bits per heavy atom. The zero-order valence-electron chi connectivity index (χ0n) is 21.7. The summed E-state index contributed by atoms with van der Waals surface area (Å²) < 4.78 is 42.2. The smallest absolute Gasteiger partial charge is 0.320 e. The number of esters is 6. The van der Waals surface area contributed by atoms with Crippen molar-refractivity contribution in [3.8, 4) is 0 Å². The van der Waals surface area contributed by atoms with E-state index in [-0.39, 0.29) is 26.2 Å². The Bertz CT molecular complexity index is 806. The van der Waals surface area contributed by atoms with Crippen LogP contribution in [0.25, 0.3) is 0 Å². The van der Waals surface area contributed by atoms with E-state index < -0.39 is 79.0 Å². The van der Waals surface area contributed by atoms with Crippen LogP contribution in [0.2, 0.25) is 0 Å². The molecule has 0 aromatic rings. The second kappa shape index (κ2) is 15.8. The van der Waals surface area contributed by atoms with Gasteiger partial charge in [0, 0.05) is 27.7 Å². The summed E-state index contributed by atoms with van der Waals surface area (Å²) in [5.41, 5.74) is 0. The van der Waals surface area contributed by atoms with Gasteiger partial charge in [-0.2, -0.15) is 0 Å². The van der Waals surface area contributed by atoms with Crippen LogP contribution in [-0.4, -0.2) is 92.9 Å². The average molecular weight is 535 g/mol. The van der Waals surface area contributed by atoms with Gasteiger partial charge < -0.3 is 37.9 Å². The third-order valence-corrected chi connectivity index (χ3v) is 4.78. The first-order valence-electron chi connectivity index (χ1n) is 11.7. The molecule has 14 nitrogen and oxygen atoms in total. The number of rotatable bonds is 13. The van der Waals surface area contributed by atoms with E-state index in [1.807, 2.05) is 0 Å². The Morgan fingerprint density at radius 2 is 1.16 bits per heavy atom. The number of ether oxygens (including phenoxy) is 8. The van der Waals surface area contributed by atoms with Gasteiger partial charge in [0.1, 0.15) is 12.7 Å². The molecule has 1 saturated heterocycles. The Balaban J connectivity index is 3.23. The monoisotopic (exact) mass is 534 g/mol. The Labute approximate surface area is 214 Å². The van der Waals surface area contributed by atoms with Gasteiger partial charge in [0.2, 0.25) is 0 Å². The molecule has 0 aliphatic carbocycles. The number of carbonyl (C=O) groups is 6.